The number of nitrogens with two attached hydrogens (primary N) is 1. The third kappa shape index (κ3) is 3.16. The lowest BCUT2D eigenvalue weighted by atomic mass is 9.86. The smallest absolute Gasteiger partial charge is 0.134 e. The highest BCUT2D eigenvalue weighted by Crippen LogP contribution is 2.56. The quantitative estimate of drug-likeness (QED) is 0.331. The van der Waals surface area contributed by atoms with Crippen LogP contribution in [0.5, 0.6) is 0 Å². The van der Waals surface area contributed by atoms with E-state index in [2.05, 4.69) is 3.15 Å². The van der Waals surface area contributed by atoms with Crippen LogP contribution in [0, 0.1) is 22.6 Å². The molecule has 2 aromatic carbocycles. The highest BCUT2D eigenvalue weighted by Gasteiger charge is 2.50. The van der Waals surface area contributed by atoms with Crippen molar-refractivity contribution >= 4 is 33.1 Å². The van der Waals surface area contributed by atoms with Crippen molar-refractivity contribution in [2.24, 2.45) is 8.88 Å². The summed E-state index contributed by atoms with van der Waals surface area (Å²) < 4.78 is 21.1. The van der Waals surface area contributed by atoms with Crippen molar-refractivity contribution in [1.82, 2.24) is 3.11 Å². The number of nitrogens with zero attached hydrogens (tertiary/aromatic N) is 3. The highest BCUT2D eigenvalue weighted by molar-refractivity contribution is 14.1. The number of benzene rings is 2. The van der Waals surface area contributed by atoms with Gasteiger partial charge < -0.3 is 16.2 Å². The Labute approximate surface area is 177 Å². The van der Waals surface area contributed by atoms with Gasteiger partial charge >= 0.3 is 0 Å². The van der Waals surface area contributed by atoms with E-state index in [1.807, 2.05) is 9.18 Å². The maximum atomic E-state index is 14.7. The van der Waals surface area contributed by atoms with Crippen LogP contribution in [0.25, 0.3) is 5.57 Å². The molecule has 2 aliphatic heterocycles. The average Bonchev–Trinajstić information content (AvgIpc) is 3.33. The predicted molar refractivity (Wildman–Crippen MR) is 116 cm³/mol. The molecule has 2 aliphatic rings. The summed E-state index contributed by atoms with van der Waals surface area (Å²) in [6, 6.07) is 13.3. The summed E-state index contributed by atoms with van der Waals surface area (Å²) >= 11 is -0.747. The maximum Gasteiger partial charge on any atom is 0.134 e. The van der Waals surface area contributed by atoms with E-state index in [4.69, 9.17) is 16.4 Å². The topological polar surface area (TPSA) is 109 Å². The van der Waals surface area contributed by atoms with Gasteiger partial charge in [0.2, 0.25) is 0 Å². The fourth-order valence-electron chi connectivity index (χ4n) is 3.71. The number of halogens is 2. The minimum atomic E-state index is -1.29. The molecule has 4 rings (SSSR count). The van der Waals surface area contributed by atoms with Gasteiger partial charge in [-0.15, -0.1) is 0 Å². The largest absolute Gasteiger partial charge is 0.404 e. The van der Waals surface area contributed by atoms with Crippen LogP contribution in [0.4, 0.5) is 4.39 Å². The first-order valence-electron chi connectivity index (χ1n) is 8.81. The number of fused-ring (bicyclic) bond motifs is 1. The minimum Gasteiger partial charge on any atom is -0.404 e. The summed E-state index contributed by atoms with van der Waals surface area (Å²) in [6.45, 7) is 0. The Morgan fingerprint density at radius 1 is 1.38 bits per heavy atom. The zero-order valence-corrected chi connectivity index (χ0v) is 17.3. The second-order valence-corrected chi connectivity index (χ2v) is 8.80. The monoisotopic (exact) mass is 501 g/mol. The molecule has 0 aromatic heterocycles. The molecular weight excluding hydrogens is 484 g/mol. The van der Waals surface area contributed by atoms with Crippen molar-refractivity contribution in [3.05, 3.63) is 88.6 Å². The van der Waals surface area contributed by atoms with Gasteiger partial charge in [0.05, 0.1) is 29.6 Å². The van der Waals surface area contributed by atoms with E-state index < -0.39 is 32.7 Å². The van der Waals surface area contributed by atoms with E-state index in [1.165, 1.54) is 18.5 Å². The second kappa shape index (κ2) is 7.50. The SMILES string of the molecule is N#Cc1ccc([C@H]2CC(O)(c3ccc(/C(C=N)=C/N)cc3)C3=CN=IN32)c(F)c1. The molecule has 2 aromatic rings. The molecule has 0 aliphatic carbocycles. The Morgan fingerprint density at radius 2 is 2.14 bits per heavy atom. The summed E-state index contributed by atoms with van der Waals surface area (Å²) in [6.07, 6.45) is 4.51. The van der Waals surface area contributed by atoms with Crippen LogP contribution in [-0.2, 0) is 5.60 Å². The third-order valence-electron chi connectivity index (χ3n) is 5.23. The lowest BCUT2D eigenvalue weighted by molar-refractivity contribution is 0.0794. The molecular formula is C21H17FIN5O. The van der Waals surface area contributed by atoms with Gasteiger partial charge in [-0.3, -0.25) is 3.11 Å². The van der Waals surface area contributed by atoms with Crippen molar-refractivity contribution in [2.75, 3.05) is 0 Å². The summed E-state index contributed by atoms with van der Waals surface area (Å²) in [4.78, 5) is 0. The number of hydrogen-bond acceptors (Lipinski definition) is 6. The molecule has 1 unspecified atom stereocenters. The average molecular weight is 501 g/mol. The minimum absolute atomic E-state index is 0.265. The van der Waals surface area contributed by atoms with Gasteiger partial charge in [0, 0.05) is 30.0 Å². The van der Waals surface area contributed by atoms with Crippen LogP contribution >= 0.6 is 21.3 Å². The molecule has 1 saturated heterocycles. The number of nitrogens with one attached hydrogen (secondary N) is 1. The first-order valence-corrected chi connectivity index (χ1v) is 10.7. The van der Waals surface area contributed by atoms with E-state index in [9.17, 15) is 9.50 Å². The molecule has 2 heterocycles. The predicted octanol–water partition coefficient (Wildman–Crippen LogP) is 4.21. The Hall–Kier alpha value is -2.90. The Bertz CT molecular complexity index is 1120. The van der Waals surface area contributed by atoms with E-state index in [0.717, 1.165) is 5.56 Å². The molecule has 1 fully saturated rings. The molecule has 8 heteroatoms. The van der Waals surface area contributed by atoms with Crippen LogP contribution in [0.1, 0.15) is 34.7 Å². The fraction of sp³-hybridized carbons (Fsp3) is 0.143. The van der Waals surface area contributed by atoms with E-state index >= 15 is 0 Å². The molecule has 0 radical (unpaired) electrons. The van der Waals surface area contributed by atoms with Gasteiger partial charge in [0.25, 0.3) is 0 Å². The molecule has 0 amide bonds. The maximum absolute atomic E-state index is 14.7. The Kier molecular flexibility index (Phi) is 5.02. The zero-order chi connectivity index (χ0) is 20.6. The van der Waals surface area contributed by atoms with Crippen LogP contribution in [0.3, 0.4) is 0 Å². The van der Waals surface area contributed by atoms with E-state index in [1.54, 1.807) is 42.6 Å². The number of hydrogen-bond donors (Lipinski definition) is 3. The van der Waals surface area contributed by atoms with Crippen molar-refractivity contribution < 1.29 is 9.50 Å². The standard InChI is InChI=1S/C21H17FIN5O/c22-18-7-13(9-24)1-6-17(18)19-8-21(29,20-12-27-23-28(19)20)16-4-2-14(3-5-16)15(10-25)11-26/h1-7,10-12,19,25,29H,8,26H2/b15-11+,25-10?/t19-,21?/m1/s1. The highest BCUT2D eigenvalue weighted by atomic mass is 127. The van der Waals surface area contributed by atoms with E-state index in [-0.39, 0.29) is 11.6 Å². The molecule has 0 spiro atoms. The molecule has 6 nitrogen and oxygen atoms in total. The number of aliphatic hydroxyl groups is 1. The Morgan fingerprint density at radius 3 is 2.76 bits per heavy atom. The van der Waals surface area contributed by atoms with Crippen LogP contribution < -0.4 is 5.73 Å². The first kappa shape index (κ1) is 19.4. The van der Waals surface area contributed by atoms with Gasteiger partial charge in [-0.25, -0.2) is 7.54 Å². The number of allylic oxidation sites excluding steroid dienone is 1. The fourth-order valence-corrected chi connectivity index (χ4v) is 5.92. The van der Waals surface area contributed by atoms with Crippen LogP contribution in [0.15, 0.2) is 63.7 Å². The summed E-state index contributed by atoms with van der Waals surface area (Å²) in [7, 11) is 0. The Balaban J connectivity index is 1.72. The van der Waals surface area contributed by atoms with Crippen molar-refractivity contribution in [1.29, 1.82) is 10.7 Å². The zero-order valence-electron chi connectivity index (χ0n) is 15.2. The van der Waals surface area contributed by atoms with Gasteiger partial charge in [-0.05, 0) is 23.3 Å². The molecule has 2 atom stereocenters. The van der Waals surface area contributed by atoms with Crippen molar-refractivity contribution in [3.63, 3.8) is 0 Å². The van der Waals surface area contributed by atoms with Crippen molar-refractivity contribution in [2.45, 2.75) is 18.1 Å². The number of nitriles is 1. The lowest BCUT2D eigenvalue weighted by Crippen LogP contribution is -2.25. The van der Waals surface area contributed by atoms with Gasteiger partial charge in [-0.1, -0.05) is 30.3 Å². The lowest BCUT2D eigenvalue weighted by Gasteiger charge is -2.24. The second-order valence-electron chi connectivity index (χ2n) is 6.77. The van der Waals surface area contributed by atoms with Gasteiger partial charge in [0.1, 0.15) is 32.7 Å². The van der Waals surface area contributed by atoms with Crippen LogP contribution in [0.2, 0.25) is 0 Å². The van der Waals surface area contributed by atoms with Crippen molar-refractivity contribution in [3.8, 4) is 6.07 Å². The molecule has 0 bridgehead atoms. The van der Waals surface area contributed by atoms with E-state index in [0.29, 0.717) is 28.8 Å². The van der Waals surface area contributed by atoms with Gasteiger partial charge in [0.15, 0.2) is 0 Å². The molecule has 146 valence electrons. The molecule has 4 N–H and O–H groups in total. The first-order chi connectivity index (χ1) is 14.0. The van der Waals surface area contributed by atoms with Crippen LogP contribution in [-0.4, -0.2) is 14.4 Å². The summed E-state index contributed by atoms with van der Waals surface area (Å²) in [5.74, 6) is -0.451. The molecule has 0 saturated carbocycles. The number of rotatable bonds is 4. The third-order valence-corrected chi connectivity index (χ3v) is 7.42. The molecule has 29 heavy (non-hydrogen) atoms. The normalized spacial score (nSPS) is 23.2. The summed E-state index contributed by atoms with van der Waals surface area (Å²) in [5, 5.41) is 28.0. The van der Waals surface area contributed by atoms with Gasteiger partial charge in [-0.2, -0.15) is 5.26 Å². The summed E-state index contributed by atoms with van der Waals surface area (Å²) in [5.41, 5.74) is 7.68.